The highest BCUT2D eigenvalue weighted by Gasteiger charge is 2.32. The number of carbonyl (C=O) groups excluding carboxylic acids is 1. The molecule has 30 heavy (non-hydrogen) atoms. The van der Waals surface area contributed by atoms with Crippen molar-refractivity contribution >= 4 is 23.6 Å². The van der Waals surface area contributed by atoms with Crippen LogP contribution in [0.4, 0.5) is 20.7 Å². The number of rotatable bonds is 4. The van der Waals surface area contributed by atoms with Gasteiger partial charge in [0.15, 0.2) is 0 Å². The molecule has 1 amide bonds. The first-order chi connectivity index (χ1) is 14.3. The van der Waals surface area contributed by atoms with Crippen LogP contribution in [0.25, 0.3) is 11.1 Å². The van der Waals surface area contributed by atoms with Crippen molar-refractivity contribution in [2.24, 2.45) is 15.4 Å². The molecule has 10 nitrogen and oxygen atoms in total. The number of amides is 1. The van der Waals surface area contributed by atoms with E-state index in [9.17, 15) is 9.18 Å². The molecule has 11 heteroatoms. The van der Waals surface area contributed by atoms with Crippen molar-refractivity contribution in [3.05, 3.63) is 42.3 Å². The zero-order valence-corrected chi connectivity index (χ0v) is 16.7. The van der Waals surface area contributed by atoms with Gasteiger partial charge in [-0.1, -0.05) is 9.82 Å². The van der Waals surface area contributed by atoms with E-state index in [-0.39, 0.29) is 17.9 Å². The molecule has 0 saturated carbocycles. The smallest absolute Gasteiger partial charge is 0.414 e. The summed E-state index contributed by atoms with van der Waals surface area (Å²) in [6.07, 6.45) is 0.342. The minimum atomic E-state index is -0.609. The predicted octanol–water partition coefficient (Wildman–Crippen LogP) is 2.37. The molecule has 2 aliphatic heterocycles. The summed E-state index contributed by atoms with van der Waals surface area (Å²) >= 11 is 0. The number of aliphatic hydroxyl groups excluding tert-OH is 1. The van der Waals surface area contributed by atoms with Gasteiger partial charge in [0, 0.05) is 24.4 Å². The van der Waals surface area contributed by atoms with E-state index in [0.29, 0.717) is 28.6 Å². The number of guanidine groups is 1. The largest absolute Gasteiger partial charge is 0.441 e. The van der Waals surface area contributed by atoms with Crippen molar-refractivity contribution < 1.29 is 23.7 Å². The number of aliphatic hydroxyl groups is 1. The van der Waals surface area contributed by atoms with Crippen molar-refractivity contribution in [2.75, 3.05) is 44.1 Å². The standard InChI is InChI=1S/C19H21FN7O3/c1-25(18-22-24-27(2,3)23-18)17-7-4-12(9-21-17)15-6-5-13(8-16(15)20)26-10-14(11-28)30-19(26)29/h4-9,14,28H,10-11H2,1-3H3/q+1. The summed E-state index contributed by atoms with van der Waals surface area (Å²) in [5.74, 6) is 0.517. The normalized spacial score (nSPS) is 19.8. The van der Waals surface area contributed by atoms with Crippen molar-refractivity contribution in [1.29, 1.82) is 0 Å². The fourth-order valence-corrected chi connectivity index (χ4v) is 3.12. The van der Waals surface area contributed by atoms with Crippen LogP contribution < -0.4 is 9.80 Å². The lowest BCUT2D eigenvalue weighted by molar-refractivity contribution is -0.904. The van der Waals surface area contributed by atoms with Crippen molar-refractivity contribution in [3.8, 4) is 11.1 Å². The third-order valence-electron chi connectivity index (χ3n) is 4.73. The molecule has 1 saturated heterocycles. The van der Waals surface area contributed by atoms with E-state index in [1.165, 1.54) is 11.0 Å². The molecule has 1 aromatic heterocycles. The molecule has 2 aromatic rings. The number of halogens is 1. The van der Waals surface area contributed by atoms with Gasteiger partial charge in [-0.05, 0) is 35.4 Å². The van der Waals surface area contributed by atoms with Crippen LogP contribution in [0.3, 0.4) is 0 Å². The molecule has 4 rings (SSSR count). The Morgan fingerprint density at radius 3 is 2.70 bits per heavy atom. The fraction of sp³-hybridized carbons (Fsp3) is 0.316. The zero-order chi connectivity index (χ0) is 21.5. The Hall–Kier alpha value is -3.44. The molecule has 0 radical (unpaired) electrons. The Kier molecular flexibility index (Phi) is 4.92. The van der Waals surface area contributed by atoms with Gasteiger partial charge in [0.2, 0.25) is 0 Å². The third-order valence-corrected chi connectivity index (χ3v) is 4.73. The van der Waals surface area contributed by atoms with Crippen LogP contribution in [0.2, 0.25) is 0 Å². The van der Waals surface area contributed by atoms with Gasteiger partial charge in [0.05, 0.1) is 24.1 Å². The summed E-state index contributed by atoms with van der Waals surface area (Å²) in [5.41, 5.74) is 1.30. The van der Waals surface area contributed by atoms with Gasteiger partial charge in [-0.3, -0.25) is 9.80 Å². The molecule has 3 heterocycles. The number of benzene rings is 1. The van der Waals surface area contributed by atoms with Gasteiger partial charge in [-0.25, -0.2) is 14.2 Å². The first kappa shape index (κ1) is 19.9. The lowest BCUT2D eigenvalue weighted by Gasteiger charge is -2.16. The zero-order valence-electron chi connectivity index (χ0n) is 16.7. The average molecular weight is 414 g/mol. The summed E-state index contributed by atoms with van der Waals surface area (Å²) in [7, 11) is 5.35. The highest BCUT2D eigenvalue weighted by Crippen LogP contribution is 2.29. The minimum absolute atomic E-state index is 0.0545. The highest BCUT2D eigenvalue weighted by molar-refractivity contribution is 5.95. The first-order valence-corrected chi connectivity index (χ1v) is 9.23. The van der Waals surface area contributed by atoms with E-state index < -0.39 is 18.0 Å². The fourth-order valence-electron chi connectivity index (χ4n) is 3.12. The predicted molar refractivity (Wildman–Crippen MR) is 107 cm³/mol. The number of hydrogen-bond acceptors (Lipinski definition) is 8. The van der Waals surface area contributed by atoms with Crippen molar-refractivity contribution in [1.82, 2.24) is 4.98 Å². The molecule has 156 valence electrons. The summed E-state index contributed by atoms with van der Waals surface area (Å²) in [6, 6.07) is 7.97. The molecular formula is C19H21FN7O3+. The van der Waals surface area contributed by atoms with E-state index in [0.717, 1.165) is 0 Å². The number of nitrogens with zero attached hydrogens (tertiary/aromatic N) is 7. The van der Waals surface area contributed by atoms with Crippen LogP contribution in [0.5, 0.6) is 0 Å². The number of hydrogen-bond donors (Lipinski definition) is 1. The molecule has 1 atom stereocenters. The van der Waals surface area contributed by atoms with Crippen LogP contribution in [0, 0.1) is 5.82 Å². The van der Waals surface area contributed by atoms with Crippen molar-refractivity contribution in [2.45, 2.75) is 6.10 Å². The van der Waals surface area contributed by atoms with Crippen LogP contribution in [-0.2, 0) is 4.74 Å². The van der Waals surface area contributed by atoms with E-state index in [1.807, 2.05) is 0 Å². The molecule has 0 aliphatic carbocycles. The number of quaternary nitrogens is 1. The third kappa shape index (κ3) is 3.72. The molecule has 1 fully saturated rings. The first-order valence-electron chi connectivity index (χ1n) is 9.23. The molecule has 1 unspecified atom stereocenters. The van der Waals surface area contributed by atoms with Crippen LogP contribution >= 0.6 is 0 Å². The number of cyclic esters (lactones) is 1. The lowest BCUT2D eigenvalue weighted by atomic mass is 10.1. The Labute approximate surface area is 172 Å². The molecule has 0 bridgehead atoms. The Morgan fingerprint density at radius 2 is 2.13 bits per heavy atom. The second-order valence-corrected chi connectivity index (χ2v) is 7.35. The van der Waals surface area contributed by atoms with Gasteiger partial charge in [-0.2, -0.15) is 0 Å². The van der Waals surface area contributed by atoms with Gasteiger partial charge < -0.3 is 9.84 Å². The van der Waals surface area contributed by atoms with Crippen LogP contribution in [0.15, 0.2) is 52.0 Å². The molecule has 0 spiro atoms. The lowest BCUT2D eigenvalue weighted by Crippen LogP contribution is -2.28. The van der Waals surface area contributed by atoms with E-state index in [2.05, 4.69) is 20.4 Å². The monoisotopic (exact) mass is 414 g/mol. The topological polar surface area (TPSA) is 103 Å². The maximum atomic E-state index is 14.8. The van der Waals surface area contributed by atoms with Crippen LogP contribution in [-0.4, -0.2) is 67.2 Å². The summed E-state index contributed by atoms with van der Waals surface area (Å²) in [5, 5.41) is 21.5. The Balaban J connectivity index is 1.54. The van der Waals surface area contributed by atoms with Gasteiger partial charge in [0.25, 0.3) is 0 Å². The second kappa shape index (κ2) is 7.43. The SMILES string of the molecule is CN(C1=N[N+](C)(C)N=N1)c1ccc(-c2ccc(N3CC(CO)OC3=O)cc2F)cn1. The Morgan fingerprint density at radius 1 is 1.33 bits per heavy atom. The van der Waals surface area contributed by atoms with Crippen LogP contribution in [0.1, 0.15) is 0 Å². The van der Waals surface area contributed by atoms with Gasteiger partial charge >= 0.3 is 12.1 Å². The average Bonchev–Trinajstić information content (AvgIpc) is 3.29. The number of aromatic nitrogens is 1. The molecular weight excluding hydrogens is 393 g/mol. The quantitative estimate of drug-likeness (QED) is 0.774. The van der Waals surface area contributed by atoms with E-state index >= 15 is 0 Å². The summed E-state index contributed by atoms with van der Waals surface area (Å²) < 4.78 is 19.8. The maximum absolute atomic E-state index is 14.8. The number of pyridine rings is 1. The number of carbonyl (C=O) groups is 1. The second-order valence-electron chi connectivity index (χ2n) is 7.35. The van der Waals surface area contributed by atoms with Gasteiger partial charge in [-0.15, -0.1) is 0 Å². The number of ether oxygens (including phenoxy) is 1. The molecule has 1 aromatic carbocycles. The minimum Gasteiger partial charge on any atom is -0.441 e. The molecule has 2 aliphatic rings. The van der Waals surface area contributed by atoms with Crippen molar-refractivity contribution in [3.63, 3.8) is 0 Å². The maximum Gasteiger partial charge on any atom is 0.414 e. The summed E-state index contributed by atoms with van der Waals surface area (Å²) in [6.45, 7) is -0.104. The highest BCUT2D eigenvalue weighted by atomic mass is 19.1. The molecule has 1 N–H and O–H groups in total. The van der Waals surface area contributed by atoms with E-state index in [1.54, 1.807) is 56.5 Å². The Bertz CT molecular complexity index is 1040. The summed E-state index contributed by atoms with van der Waals surface area (Å²) in [4.78, 5) is 19.3. The van der Waals surface area contributed by atoms with E-state index in [4.69, 9.17) is 9.84 Å². The van der Waals surface area contributed by atoms with Gasteiger partial charge in [0.1, 0.15) is 31.8 Å². The number of anilines is 2.